The number of hydrogen-bond donors (Lipinski definition) is 1. The number of anilines is 1. The van der Waals surface area contributed by atoms with Crippen molar-refractivity contribution >= 4 is 26.5 Å². The van der Waals surface area contributed by atoms with E-state index in [-0.39, 0.29) is 15.8 Å². The van der Waals surface area contributed by atoms with Crippen LogP contribution in [0.5, 0.6) is 11.5 Å². The van der Waals surface area contributed by atoms with Crippen molar-refractivity contribution in [2.45, 2.75) is 4.90 Å². The molecule has 9 heteroatoms. The summed E-state index contributed by atoms with van der Waals surface area (Å²) in [4.78, 5) is -0.0363. The van der Waals surface area contributed by atoms with E-state index in [1.54, 1.807) is 6.07 Å². The van der Waals surface area contributed by atoms with Gasteiger partial charge in [0.05, 0.1) is 14.2 Å². The summed E-state index contributed by atoms with van der Waals surface area (Å²) in [6.07, 6.45) is 0. The summed E-state index contributed by atoms with van der Waals surface area (Å²) in [5, 5.41) is 8.73. The van der Waals surface area contributed by atoms with Crippen LogP contribution >= 0.6 is 11.3 Å². The number of nitrogens with zero attached hydrogens (tertiary/aromatic N) is 2. The van der Waals surface area contributed by atoms with Gasteiger partial charge in [-0.25, -0.2) is 8.42 Å². The minimum atomic E-state index is -3.90. The molecule has 1 heterocycles. The molecule has 1 aromatic heterocycles. The first kappa shape index (κ1) is 17.2. The average molecular weight is 377 g/mol. The van der Waals surface area contributed by atoms with Crippen LogP contribution in [-0.2, 0) is 10.0 Å². The van der Waals surface area contributed by atoms with Gasteiger partial charge in [-0.1, -0.05) is 41.7 Å². The van der Waals surface area contributed by atoms with Crippen LogP contribution < -0.4 is 14.2 Å². The largest absolute Gasteiger partial charge is 0.497 e. The molecular weight excluding hydrogens is 362 g/mol. The maximum atomic E-state index is 12.7. The van der Waals surface area contributed by atoms with Crippen molar-refractivity contribution in [1.29, 1.82) is 0 Å². The number of ether oxygens (including phenoxy) is 2. The van der Waals surface area contributed by atoms with Gasteiger partial charge in [0.2, 0.25) is 5.13 Å². The molecule has 0 atom stereocenters. The number of nitrogens with one attached hydrogen (secondary N) is 1. The van der Waals surface area contributed by atoms with Gasteiger partial charge in [-0.15, -0.1) is 10.2 Å². The molecule has 0 aliphatic heterocycles. The third kappa shape index (κ3) is 3.72. The fourth-order valence-electron chi connectivity index (χ4n) is 2.13. The summed E-state index contributed by atoms with van der Waals surface area (Å²) in [6, 6.07) is 13.9. The number of rotatable bonds is 6. The first-order valence-electron chi connectivity index (χ1n) is 7.17. The molecule has 0 saturated carbocycles. The summed E-state index contributed by atoms with van der Waals surface area (Å²) < 4.78 is 38.0. The van der Waals surface area contributed by atoms with Crippen molar-refractivity contribution in [2.24, 2.45) is 0 Å². The molecular formula is C16H15N3O4S2. The van der Waals surface area contributed by atoms with E-state index in [0.29, 0.717) is 10.8 Å². The predicted molar refractivity (Wildman–Crippen MR) is 95.7 cm³/mol. The highest BCUT2D eigenvalue weighted by molar-refractivity contribution is 7.93. The van der Waals surface area contributed by atoms with E-state index in [2.05, 4.69) is 14.9 Å². The van der Waals surface area contributed by atoms with E-state index < -0.39 is 10.0 Å². The third-order valence-electron chi connectivity index (χ3n) is 3.33. The van der Waals surface area contributed by atoms with Gasteiger partial charge in [-0.05, 0) is 12.1 Å². The maximum Gasteiger partial charge on any atom is 0.267 e. The van der Waals surface area contributed by atoms with Crippen molar-refractivity contribution in [2.75, 3.05) is 18.9 Å². The highest BCUT2D eigenvalue weighted by Crippen LogP contribution is 2.32. The molecule has 25 heavy (non-hydrogen) atoms. The van der Waals surface area contributed by atoms with Crippen LogP contribution in [0, 0.1) is 0 Å². The average Bonchev–Trinajstić information content (AvgIpc) is 3.09. The normalized spacial score (nSPS) is 11.1. The lowest BCUT2D eigenvalue weighted by Crippen LogP contribution is -2.14. The Balaban J connectivity index is 1.91. The molecule has 2 aromatic carbocycles. The molecule has 0 spiro atoms. The fourth-order valence-corrected chi connectivity index (χ4v) is 4.29. The van der Waals surface area contributed by atoms with Crippen molar-refractivity contribution in [1.82, 2.24) is 10.2 Å². The smallest absolute Gasteiger partial charge is 0.267 e. The highest BCUT2D eigenvalue weighted by Gasteiger charge is 2.22. The van der Waals surface area contributed by atoms with Gasteiger partial charge in [0.15, 0.2) is 0 Å². The summed E-state index contributed by atoms with van der Waals surface area (Å²) >= 11 is 1.15. The topological polar surface area (TPSA) is 90.4 Å². The maximum absolute atomic E-state index is 12.7. The molecule has 3 aromatic rings. The van der Waals surface area contributed by atoms with Gasteiger partial charge in [0, 0.05) is 11.6 Å². The third-order valence-corrected chi connectivity index (χ3v) is 5.70. The fraction of sp³-hybridized carbons (Fsp3) is 0.125. The molecule has 0 aliphatic carbocycles. The van der Waals surface area contributed by atoms with Crippen LogP contribution in [0.3, 0.4) is 0 Å². The number of methoxy groups -OCH3 is 2. The Kier molecular flexibility index (Phi) is 4.86. The lowest BCUT2D eigenvalue weighted by Gasteiger charge is -2.11. The Morgan fingerprint density at radius 1 is 1.00 bits per heavy atom. The molecule has 0 amide bonds. The highest BCUT2D eigenvalue weighted by atomic mass is 32.2. The molecule has 3 rings (SSSR count). The Hall–Kier alpha value is -2.65. The Bertz CT molecular complexity index is 972. The minimum Gasteiger partial charge on any atom is -0.497 e. The van der Waals surface area contributed by atoms with Crippen LogP contribution in [0.15, 0.2) is 53.4 Å². The second-order valence-corrected chi connectivity index (χ2v) is 7.53. The van der Waals surface area contributed by atoms with Crippen LogP contribution in [0.2, 0.25) is 0 Å². The Morgan fingerprint density at radius 2 is 1.76 bits per heavy atom. The van der Waals surface area contributed by atoms with Crippen molar-refractivity contribution in [3.63, 3.8) is 0 Å². The standard InChI is InChI=1S/C16H15N3O4S2/c1-22-12-8-9-13(23-2)14(10-12)25(20,21)19-16-18-17-15(24-16)11-6-4-3-5-7-11/h3-10H,1-2H3,(H,18,19). The zero-order valence-electron chi connectivity index (χ0n) is 13.5. The van der Waals surface area contributed by atoms with Crippen molar-refractivity contribution in [3.8, 4) is 22.1 Å². The molecule has 0 bridgehead atoms. The molecule has 0 fully saturated rings. The SMILES string of the molecule is COc1ccc(OC)c(S(=O)(=O)Nc2nnc(-c3ccccc3)s2)c1. The van der Waals surface area contributed by atoms with Gasteiger partial charge in [-0.3, -0.25) is 4.72 Å². The summed E-state index contributed by atoms with van der Waals surface area (Å²) in [5.41, 5.74) is 0.865. The van der Waals surface area contributed by atoms with Gasteiger partial charge in [0.1, 0.15) is 21.4 Å². The van der Waals surface area contributed by atoms with E-state index in [4.69, 9.17) is 9.47 Å². The van der Waals surface area contributed by atoms with Crippen molar-refractivity contribution in [3.05, 3.63) is 48.5 Å². The summed E-state index contributed by atoms with van der Waals surface area (Å²) in [5.74, 6) is 0.615. The molecule has 7 nitrogen and oxygen atoms in total. The second-order valence-electron chi connectivity index (χ2n) is 4.90. The number of sulfonamides is 1. The van der Waals surface area contributed by atoms with E-state index in [1.807, 2.05) is 30.3 Å². The van der Waals surface area contributed by atoms with Gasteiger partial charge >= 0.3 is 0 Å². The molecule has 0 radical (unpaired) electrons. The van der Waals surface area contributed by atoms with Gasteiger partial charge in [0.25, 0.3) is 10.0 Å². The minimum absolute atomic E-state index is 0.0363. The van der Waals surface area contributed by atoms with Gasteiger partial charge < -0.3 is 9.47 Å². The molecule has 0 aliphatic rings. The second kappa shape index (κ2) is 7.08. The monoisotopic (exact) mass is 377 g/mol. The van der Waals surface area contributed by atoms with Gasteiger partial charge in [-0.2, -0.15) is 0 Å². The van der Waals surface area contributed by atoms with Crippen LogP contribution in [-0.4, -0.2) is 32.8 Å². The van der Waals surface area contributed by atoms with E-state index in [9.17, 15) is 8.42 Å². The van der Waals surface area contributed by atoms with Crippen LogP contribution in [0.4, 0.5) is 5.13 Å². The Morgan fingerprint density at radius 3 is 2.44 bits per heavy atom. The zero-order chi connectivity index (χ0) is 17.9. The van der Waals surface area contributed by atoms with Crippen LogP contribution in [0.1, 0.15) is 0 Å². The molecule has 0 unspecified atom stereocenters. The molecule has 130 valence electrons. The number of hydrogen-bond acceptors (Lipinski definition) is 7. The lowest BCUT2D eigenvalue weighted by molar-refractivity contribution is 0.392. The number of benzene rings is 2. The first-order valence-corrected chi connectivity index (χ1v) is 9.47. The lowest BCUT2D eigenvalue weighted by atomic mass is 10.2. The molecule has 0 saturated heterocycles. The van der Waals surface area contributed by atoms with Crippen LogP contribution in [0.25, 0.3) is 10.6 Å². The quantitative estimate of drug-likeness (QED) is 0.710. The summed E-state index contributed by atoms with van der Waals surface area (Å²) in [6.45, 7) is 0. The van der Waals surface area contributed by atoms with E-state index in [1.165, 1.54) is 26.4 Å². The van der Waals surface area contributed by atoms with Crippen molar-refractivity contribution < 1.29 is 17.9 Å². The Labute approximate surface area is 149 Å². The summed E-state index contributed by atoms with van der Waals surface area (Å²) in [7, 11) is -1.04. The first-order chi connectivity index (χ1) is 12.0. The number of aromatic nitrogens is 2. The zero-order valence-corrected chi connectivity index (χ0v) is 15.1. The molecule has 1 N–H and O–H groups in total. The van der Waals surface area contributed by atoms with E-state index >= 15 is 0 Å². The van der Waals surface area contributed by atoms with E-state index in [0.717, 1.165) is 16.9 Å². The predicted octanol–water partition coefficient (Wildman–Crippen LogP) is 3.02.